The number of ether oxygens (including phenoxy) is 1. The Morgan fingerprint density at radius 2 is 2.12 bits per heavy atom. The van der Waals surface area contributed by atoms with Crippen molar-refractivity contribution in [1.82, 2.24) is 5.32 Å². The van der Waals surface area contributed by atoms with Gasteiger partial charge in [0.15, 0.2) is 11.6 Å². The van der Waals surface area contributed by atoms with Crippen molar-refractivity contribution in [2.45, 2.75) is 26.2 Å². The molecule has 0 amide bonds. The van der Waals surface area contributed by atoms with E-state index in [-0.39, 0.29) is 5.82 Å². The third-order valence-corrected chi connectivity index (χ3v) is 3.03. The minimum Gasteiger partial charge on any atom is -0.494 e. The molecule has 0 spiro atoms. The number of hydrogen-bond acceptors (Lipinski definition) is 2. The smallest absolute Gasteiger partial charge is 0.165 e. The molecular formula is C14H22FNO. The van der Waals surface area contributed by atoms with Gasteiger partial charge >= 0.3 is 0 Å². The first-order valence-electron chi connectivity index (χ1n) is 6.14. The van der Waals surface area contributed by atoms with E-state index >= 15 is 0 Å². The molecule has 17 heavy (non-hydrogen) atoms. The van der Waals surface area contributed by atoms with Gasteiger partial charge in [0.1, 0.15) is 0 Å². The van der Waals surface area contributed by atoms with Crippen molar-refractivity contribution in [2.75, 3.05) is 20.7 Å². The Labute approximate surface area is 103 Å². The first-order chi connectivity index (χ1) is 8.17. The first kappa shape index (κ1) is 14.0. The number of aryl methyl sites for hydroxylation is 1. The summed E-state index contributed by atoms with van der Waals surface area (Å²) in [7, 11) is 3.45. The molecule has 0 fully saturated rings. The second-order valence-electron chi connectivity index (χ2n) is 4.50. The van der Waals surface area contributed by atoms with E-state index in [4.69, 9.17) is 4.74 Å². The molecule has 0 saturated carbocycles. The lowest BCUT2D eigenvalue weighted by Crippen LogP contribution is -2.11. The van der Waals surface area contributed by atoms with Gasteiger partial charge in [0.25, 0.3) is 0 Å². The maximum absolute atomic E-state index is 13.4. The fourth-order valence-electron chi connectivity index (χ4n) is 1.81. The number of rotatable bonds is 7. The molecule has 1 unspecified atom stereocenters. The molecule has 2 nitrogen and oxygen atoms in total. The normalized spacial score (nSPS) is 12.5. The van der Waals surface area contributed by atoms with Gasteiger partial charge in [-0.25, -0.2) is 4.39 Å². The van der Waals surface area contributed by atoms with Crippen LogP contribution in [0, 0.1) is 11.7 Å². The minimum atomic E-state index is -0.270. The largest absolute Gasteiger partial charge is 0.494 e. The van der Waals surface area contributed by atoms with Crippen molar-refractivity contribution in [3.63, 3.8) is 0 Å². The van der Waals surface area contributed by atoms with Gasteiger partial charge < -0.3 is 10.1 Å². The molecule has 0 aliphatic heterocycles. The molecule has 0 saturated heterocycles. The summed E-state index contributed by atoms with van der Waals surface area (Å²) in [4.78, 5) is 0. The molecule has 3 heteroatoms. The number of benzene rings is 1. The molecule has 0 heterocycles. The minimum absolute atomic E-state index is 0.270. The molecule has 0 bridgehead atoms. The predicted molar refractivity (Wildman–Crippen MR) is 69.0 cm³/mol. The highest BCUT2D eigenvalue weighted by atomic mass is 19.1. The molecule has 1 N–H and O–H groups in total. The molecule has 1 aromatic carbocycles. The molecule has 0 aliphatic carbocycles. The zero-order valence-corrected chi connectivity index (χ0v) is 10.9. The third-order valence-electron chi connectivity index (χ3n) is 3.03. The Kier molecular flexibility index (Phi) is 5.98. The van der Waals surface area contributed by atoms with Gasteiger partial charge in [-0.15, -0.1) is 0 Å². The van der Waals surface area contributed by atoms with E-state index in [1.807, 2.05) is 13.1 Å². The Bertz CT molecular complexity index is 341. The highest BCUT2D eigenvalue weighted by Gasteiger charge is 2.06. The van der Waals surface area contributed by atoms with Crippen LogP contribution in [0.1, 0.15) is 25.3 Å². The summed E-state index contributed by atoms with van der Waals surface area (Å²) < 4.78 is 18.3. The van der Waals surface area contributed by atoms with Crippen LogP contribution in [0.15, 0.2) is 18.2 Å². The van der Waals surface area contributed by atoms with Crippen molar-refractivity contribution in [3.8, 4) is 5.75 Å². The van der Waals surface area contributed by atoms with Gasteiger partial charge in [0.05, 0.1) is 7.11 Å². The van der Waals surface area contributed by atoms with E-state index in [0.29, 0.717) is 11.7 Å². The van der Waals surface area contributed by atoms with Crippen molar-refractivity contribution >= 4 is 0 Å². The SMILES string of the molecule is CNCCC(C)CCc1ccc(OC)c(F)c1. The van der Waals surface area contributed by atoms with Gasteiger partial charge in [-0.3, -0.25) is 0 Å². The molecule has 0 radical (unpaired) electrons. The molecule has 1 atom stereocenters. The molecule has 1 aromatic rings. The second-order valence-corrected chi connectivity index (χ2v) is 4.50. The molecule has 0 aliphatic rings. The summed E-state index contributed by atoms with van der Waals surface area (Å²) in [5, 5.41) is 3.14. The lowest BCUT2D eigenvalue weighted by Gasteiger charge is -2.11. The fourth-order valence-corrected chi connectivity index (χ4v) is 1.81. The summed E-state index contributed by atoms with van der Waals surface area (Å²) in [5.41, 5.74) is 1.04. The van der Waals surface area contributed by atoms with Crippen LogP contribution in [0.25, 0.3) is 0 Å². The first-order valence-corrected chi connectivity index (χ1v) is 6.14. The van der Waals surface area contributed by atoms with Crippen LogP contribution in [0.2, 0.25) is 0 Å². The summed E-state index contributed by atoms with van der Waals surface area (Å²) in [6.45, 7) is 3.27. The van der Waals surface area contributed by atoms with E-state index in [2.05, 4.69) is 12.2 Å². The Hall–Kier alpha value is -1.09. The summed E-state index contributed by atoms with van der Waals surface area (Å²) in [6.07, 6.45) is 3.17. The van der Waals surface area contributed by atoms with E-state index in [1.165, 1.54) is 7.11 Å². The van der Waals surface area contributed by atoms with Gasteiger partial charge in [-0.05, 0) is 56.5 Å². The van der Waals surface area contributed by atoms with E-state index < -0.39 is 0 Å². The average Bonchev–Trinajstić information content (AvgIpc) is 2.34. The van der Waals surface area contributed by atoms with Crippen molar-refractivity contribution in [3.05, 3.63) is 29.6 Å². The van der Waals surface area contributed by atoms with Gasteiger partial charge in [0.2, 0.25) is 0 Å². The Morgan fingerprint density at radius 3 is 2.71 bits per heavy atom. The van der Waals surface area contributed by atoms with Gasteiger partial charge in [-0.2, -0.15) is 0 Å². The van der Waals surface area contributed by atoms with Crippen LogP contribution in [-0.4, -0.2) is 20.7 Å². The van der Waals surface area contributed by atoms with Crippen LogP contribution in [0.5, 0.6) is 5.75 Å². The van der Waals surface area contributed by atoms with E-state index in [1.54, 1.807) is 12.1 Å². The molecule has 1 rings (SSSR count). The summed E-state index contributed by atoms with van der Waals surface area (Å²) in [6, 6.07) is 5.21. The third kappa shape index (κ3) is 4.73. The summed E-state index contributed by atoms with van der Waals surface area (Å²) >= 11 is 0. The topological polar surface area (TPSA) is 21.3 Å². The molecule has 96 valence electrons. The van der Waals surface area contributed by atoms with Crippen LogP contribution in [-0.2, 0) is 6.42 Å². The zero-order chi connectivity index (χ0) is 12.7. The lowest BCUT2D eigenvalue weighted by atomic mass is 9.98. The molecular weight excluding hydrogens is 217 g/mol. The lowest BCUT2D eigenvalue weighted by molar-refractivity contribution is 0.386. The number of halogens is 1. The van der Waals surface area contributed by atoms with E-state index in [9.17, 15) is 4.39 Å². The van der Waals surface area contributed by atoms with Crippen molar-refractivity contribution in [1.29, 1.82) is 0 Å². The standard InChI is InChI=1S/C14H22FNO/c1-11(8-9-16-2)4-5-12-6-7-14(17-3)13(15)10-12/h6-7,10-11,16H,4-5,8-9H2,1-3H3. The summed E-state index contributed by atoms with van der Waals surface area (Å²) in [5.74, 6) is 0.706. The highest BCUT2D eigenvalue weighted by molar-refractivity contribution is 5.29. The van der Waals surface area contributed by atoms with Gasteiger partial charge in [0, 0.05) is 0 Å². The second kappa shape index (κ2) is 7.28. The maximum Gasteiger partial charge on any atom is 0.165 e. The maximum atomic E-state index is 13.4. The Balaban J connectivity index is 2.44. The zero-order valence-electron chi connectivity index (χ0n) is 10.9. The average molecular weight is 239 g/mol. The highest BCUT2D eigenvalue weighted by Crippen LogP contribution is 2.20. The van der Waals surface area contributed by atoms with Crippen LogP contribution in [0.3, 0.4) is 0 Å². The van der Waals surface area contributed by atoms with Crippen LogP contribution in [0.4, 0.5) is 4.39 Å². The van der Waals surface area contributed by atoms with Crippen molar-refractivity contribution in [2.24, 2.45) is 5.92 Å². The Morgan fingerprint density at radius 1 is 1.35 bits per heavy atom. The van der Waals surface area contributed by atoms with Crippen LogP contribution >= 0.6 is 0 Å². The van der Waals surface area contributed by atoms with E-state index in [0.717, 1.165) is 31.4 Å². The van der Waals surface area contributed by atoms with Gasteiger partial charge in [-0.1, -0.05) is 13.0 Å². The predicted octanol–water partition coefficient (Wildman–Crippen LogP) is 3.01. The number of hydrogen-bond donors (Lipinski definition) is 1. The fraction of sp³-hybridized carbons (Fsp3) is 0.571. The monoisotopic (exact) mass is 239 g/mol. The van der Waals surface area contributed by atoms with Crippen molar-refractivity contribution < 1.29 is 9.13 Å². The number of nitrogens with one attached hydrogen (secondary N) is 1. The molecule has 0 aromatic heterocycles. The number of methoxy groups -OCH3 is 1. The van der Waals surface area contributed by atoms with Crippen LogP contribution < -0.4 is 10.1 Å². The quantitative estimate of drug-likeness (QED) is 0.789.